The van der Waals surface area contributed by atoms with Crippen molar-refractivity contribution in [1.29, 1.82) is 0 Å². The minimum atomic E-state index is -0.237. The molecule has 1 N–H and O–H groups in total. The van der Waals surface area contributed by atoms with Crippen LogP contribution in [0.2, 0.25) is 0 Å². The van der Waals surface area contributed by atoms with Crippen molar-refractivity contribution in [3.05, 3.63) is 0 Å². The second-order valence-electron chi connectivity index (χ2n) is 3.36. The zero-order valence-corrected chi connectivity index (χ0v) is 6.29. The van der Waals surface area contributed by atoms with E-state index in [0.29, 0.717) is 12.3 Å². The molecule has 0 amide bonds. The van der Waals surface area contributed by atoms with Gasteiger partial charge in [-0.15, -0.1) is 0 Å². The van der Waals surface area contributed by atoms with Crippen LogP contribution in [0.25, 0.3) is 0 Å². The van der Waals surface area contributed by atoms with Crippen LogP contribution in [0.3, 0.4) is 0 Å². The van der Waals surface area contributed by atoms with Gasteiger partial charge < -0.3 is 9.90 Å². The molecule has 3 atom stereocenters. The summed E-state index contributed by atoms with van der Waals surface area (Å²) in [5, 5.41) is 9.22. The van der Waals surface area contributed by atoms with Crippen molar-refractivity contribution in [3.8, 4) is 0 Å². The third-order valence-corrected chi connectivity index (χ3v) is 2.15. The molecule has 3 unspecified atom stereocenters. The Kier molecular flexibility index (Phi) is 2.44. The van der Waals surface area contributed by atoms with Gasteiger partial charge in [0, 0.05) is 5.92 Å². The number of aliphatic hydroxyl groups is 1. The minimum Gasteiger partial charge on any atom is -0.393 e. The van der Waals surface area contributed by atoms with Crippen LogP contribution in [-0.4, -0.2) is 17.5 Å². The van der Waals surface area contributed by atoms with Crippen molar-refractivity contribution in [1.82, 2.24) is 0 Å². The van der Waals surface area contributed by atoms with Crippen molar-refractivity contribution in [3.63, 3.8) is 0 Å². The van der Waals surface area contributed by atoms with Gasteiger partial charge in [-0.25, -0.2) is 0 Å². The minimum absolute atomic E-state index is 0.110. The van der Waals surface area contributed by atoms with Gasteiger partial charge in [-0.05, 0) is 25.2 Å². The zero-order chi connectivity index (χ0) is 7.56. The van der Waals surface area contributed by atoms with Gasteiger partial charge in [0.05, 0.1) is 6.10 Å². The van der Waals surface area contributed by atoms with E-state index in [1.807, 2.05) is 0 Å². The number of aldehydes is 1. The lowest BCUT2D eigenvalue weighted by Gasteiger charge is -2.26. The highest BCUT2D eigenvalue weighted by molar-refractivity contribution is 5.53. The molecule has 0 heterocycles. The Hall–Kier alpha value is -0.370. The second kappa shape index (κ2) is 3.15. The normalized spacial score (nSPS) is 41.2. The largest absolute Gasteiger partial charge is 0.393 e. The van der Waals surface area contributed by atoms with E-state index in [0.717, 1.165) is 19.1 Å². The van der Waals surface area contributed by atoms with Crippen LogP contribution in [0.5, 0.6) is 0 Å². The van der Waals surface area contributed by atoms with Crippen LogP contribution in [-0.2, 0) is 4.79 Å². The highest BCUT2D eigenvalue weighted by Gasteiger charge is 2.24. The molecule has 0 aromatic rings. The van der Waals surface area contributed by atoms with Gasteiger partial charge in [0.2, 0.25) is 0 Å². The molecular formula is C8H14O2. The van der Waals surface area contributed by atoms with Crippen molar-refractivity contribution < 1.29 is 9.90 Å². The number of rotatable bonds is 1. The molecular weight excluding hydrogens is 128 g/mol. The molecule has 2 nitrogen and oxygen atoms in total. The van der Waals surface area contributed by atoms with E-state index in [-0.39, 0.29) is 12.0 Å². The van der Waals surface area contributed by atoms with Crippen LogP contribution < -0.4 is 0 Å². The van der Waals surface area contributed by atoms with E-state index in [1.165, 1.54) is 0 Å². The van der Waals surface area contributed by atoms with E-state index in [2.05, 4.69) is 6.92 Å². The lowest BCUT2D eigenvalue weighted by molar-refractivity contribution is -0.113. The van der Waals surface area contributed by atoms with Crippen molar-refractivity contribution in [2.24, 2.45) is 11.8 Å². The molecule has 0 saturated heterocycles. The molecule has 1 rings (SSSR count). The first-order chi connectivity index (χ1) is 4.72. The predicted molar refractivity (Wildman–Crippen MR) is 38.6 cm³/mol. The molecule has 1 aliphatic rings. The molecule has 2 heteroatoms. The molecule has 0 aromatic carbocycles. The average molecular weight is 142 g/mol. The second-order valence-corrected chi connectivity index (χ2v) is 3.36. The van der Waals surface area contributed by atoms with Gasteiger partial charge in [-0.3, -0.25) is 0 Å². The number of hydrogen-bond donors (Lipinski definition) is 1. The van der Waals surface area contributed by atoms with E-state index >= 15 is 0 Å². The zero-order valence-electron chi connectivity index (χ0n) is 6.29. The van der Waals surface area contributed by atoms with Crippen molar-refractivity contribution in [2.75, 3.05) is 0 Å². The summed E-state index contributed by atoms with van der Waals surface area (Å²) in [7, 11) is 0. The first-order valence-electron chi connectivity index (χ1n) is 3.85. The number of aliphatic hydroxyl groups excluding tert-OH is 1. The standard InChI is InChI=1S/C8H14O2/c1-6-2-7(5-9)4-8(10)3-6/h5-8,10H,2-4H2,1H3. The summed E-state index contributed by atoms with van der Waals surface area (Å²) >= 11 is 0. The van der Waals surface area contributed by atoms with Crippen molar-refractivity contribution >= 4 is 6.29 Å². The SMILES string of the molecule is CC1CC(O)CC(C=O)C1. The molecule has 0 spiro atoms. The maximum Gasteiger partial charge on any atom is 0.123 e. The Labute approximate surface area is 61.2 Å². The number of carbonyl (C=O) groups is 1. The van der Waals surface area contributed by atoms with Crippen LogP contribution in [0.15, 0.2) is 0 Å². The van der Waals surface area contributed by atoms with Gasteiger partial charge in [0.15, 0.2) is 0 Å². The predicted octanol–water partition coefficient (Wildman–Crippen LogP) is 0.982. The van der Waals surface area contributed by atoms with Crippen LogP contribution in [0.1, 0.15) is 26.2 Å². The Bertz CT molecular complexity index is 112. The first-order valence-corrected chi connectivity index (χ1v) is 3.85. The summed E-state index contributed by atoms with van der Waals surface area (Å²) in [4.78, 5) is 10.3. The molecule has 10 heavy (non-hydrogen) atoms. The van der Waals surface area contributed by atoms with Crippen LogP contribution in [0, 0.1) is 11.8 Å². The summed E-state index contributed by atoms with van der Waals surface area (Å²) in [5.41, 5.74) is 0. The Morgan fingerprint density at radius 1 is 1.40 bits per heavy atom. The topological polar surface area (TPSA) is 37.3 Å². The molecule has 0 bridgehead atoms. The molecule has 1 aliphatic carbocycles. The summed E-state index contributed by atoms with van der Waals surface area (Å²) in [6.45, 7) is 2.08. The third-order valence-electron chi connectivity index (χ3n) is 2.15. The average Bonchev–Trinajstić information content (AvgIpc) is 1.85. The fraction of sp³-hybridized carbons (Fsp3) is 0.875. The highest BCUT2D eigenvalue weighted by Crippen LogP contribution is 2.27. The Morgan fingerprint density at radius 3 is 2.60 bits per heavy atom. The third kappa shape index (κ3) is 1.81. The van der Waals surface area contributed by atoms with Gasteiger partial charge in [-0.1, -0.05) is 6.92 Å². The van der Waals surface area contributed by atoms with E-state index < -0.39 is 0 Å². The molecule has 1 saturated carbocycles. The smallest absolute Gasteiger partial charge is 0.123 e. The van der Waals surface area contributed by atoms with Crippen molar-refractivity contribution in [2.45, 2.75) is 32.3 Å². The fourth-order valence-corrected chi connectivity index (χ4v) is 1.73. The quantitative estimate of drug-likeness (QED) is 0.554. The number of hydrogen-bond acceptors (Lipinski definition) is 2. The van der Waals surface area contributed by atoms with Gasteiger partial charge >= 0.3 is 0 Å². The van der Waals surface area contributed by atoms with E-state index in [4.69, 9.17) is 0 Å². The Balaban J connectivity index is 2.42. The first kappa shape index (κ1) is 7.73. The van der Waals surface area contributed by atoms with Crippen LogP contribution in [0.4, 0.5) is 0 Å². The highest BCUT2D eigenvalue weighted by atomic mass is 16.3. The summed E-state index contributed by atoms with van der Waals surface area (Å²) in [6.07, 6.45) is 3.23. The molecule has 0 aliphatic heterocycles. The lowest BCUT2D eigenvalue weighted by atomic mass is 9.82. The molecule has 0 radical (unpaired) electrons. The van der Waals surface area contributed by atoms with Gasteiger partial charge in [0.25, 0.3) is 0 Å². The summed E-state index contributed by atoms with van der Waals surface area (Å²) in [6, 6.07) is 0. The molecule has 1 fully saturated rings. The maximum absolute atomic E-state index is 10.3. The lowest BCUT2D eigenvalue weighted by Crippen LogP contribution is -2.25. The van der Waals surface area contributed by atoms with Gasteiger partial charge in [-0.2, -0.15) is 0 Å². The van der Waals surface area contributed by atoms with Gasteiger partial charge in [0.1, 0.15) is 6.29 Å². The molecule has 0 aromatic heterocycles. The van der Waals surface area contributed by atoms with E-state index in [1.54, 1.807) is 0 Å². The fourth-order valence-electron chi connectivity index (χ4n) is 1.73. The van der Waals surface area contributed by atoms with E-state index in [9.17, 15) is 9.90 Å². The monoisotopic (exact) mass is 142 g/mol. The Morgan fingerprint density at radius 2 is 2.10 bits per heavy atom. The number of carbonyl (C=O) groups excluding carboxylic acids is 1. The maximum atomic E-state index is 10.3. The molecule has 58 valence electrons. The summed E-state index contributed by atoms with van der Waals surface area (Å²) < 4.78 is 0. The van der Waals surface area contributed by atoms with Crippen LogP contribution >= 0.6 is 0 Å². The summed E-state index contributed by atoms with van der Waals surface area (Å²) in [5.74, 6) is 0.623.